The molecule has 184 valence electrons. The summed E-state index contributed by atoms with van der Waals surface area (Å²) >= 11 is 2.90. The molecule has 1 aliphatic heterocycles. The van der Waals surface area contributed by atoms with Gasteiger partial charge in [0, 0.05) is 12.1 Å². The summed E-state index contributed by atoms with van der Waals surface area (Å²) in [5, 5.41) is 10.5. The minimum Gasteiger partial charge on any atom is -0.488 e. The van der Waals surface area contributed by atoms with Crippen molar-refractivity contribution in [2.24, 2.45) is 0 Å². The molecule has 0 atom stereocenters. The van der Waals surface area contributed by atoms with Gasteiger partial charge in [-0.05, 0) is 75.8 Å². The van der Waals surface area contributed by atoms with Crippen LogP contribution in [0.3, 0.4) is 0 Å². The molecule has 0 radical (unpaired) electrons. The van der Waals surface area contributed by atoms with Crippen molar-refractivity contribution in [3.05, 3.63) is 95.8 Å². The fraction of sp³-hybridized carbons (Fsp3) is 0.125. The first-order valence-corrected chi connectivity index (χ1v) is 12.2. The maximum Gasteiger partial charge on any atom is 0.373 e. The van der Waals surface area contributed by atoms with Gasteiger partial charge in [-0.3, -0.25) is 24.6 Å². The van der Waals surface area contributed by atoms with Gasteiger partial charge < -0.3 is 13.9 Å². The summed E-state index contributed by atoms with van der Waals surface area (Å²) in [6.45, 7) is 0.0430. The lowest BCUT2D eigenvalue weighted by molar-refractivity contribution is -0.384. The Labute approximate surface area is 222 Å². The Morgan fingerprint density at radius 2 is 2.00 bits per heavy atom. The van der Waals surface area contributed by atoms with Gasteiger partial charge in [0.25, 0.3) is 16.8 Å². The number of methoxy groups -OCH3 is 1. The lowest BCUT2D eigenvalue weighted by Crippen LogP contribution is -2.27. The van der Waals surface area contributed by atoms with Crippen molar-refractivity contribution >= 4 is 63.2 Å². The number of hydrogen-bond donors (Lipinski definition) is 0. The van der Waals surface area contributed by atoms with E-state index in [1.807, 2.05) is 0 Å². The van der Waals surface area contributed by atoms with Crippen molar-refractivity contribution in [3.63, 3.8) is 0 Å². The molecule has 10 nitrogen and oxygen atoms in total. The smallest absolute Gasteiger partial charge is 0.373 e. The van der Waals surface area contributed by atoms with Crippen LogP contribution in [0.2, 0.25) is 0 Å². The molecule has 12 heteroatoms. The predicted octanol–water partition coefficient (Wildman–Crippen LogP) is 5.39. The van der Waals surface area contributed by atoms with E-state index in [9.17, 15) is 24.5 Å². The zero-order chi connectivity index (χ0) is 25.8. The minimum absolute atomic E-state index is 0.00829. The molecule has 2 aromatic carbocycles. The second-order valence-electron chi connectivity index (χ2n) is 7.43. The highest BCUT2D eigenvalue weighted by Gasteiger charge is 2.35. The van der Waals surface area contributed by atoms with Gasteiger partial charge in [-0.15, -0.1) is 0 Å². The molecule has 1 aromatic heterocycles. The van der Waals surface area contributed by atoms with Crippen molar-refractivity contribution in [2.75, 3.05) is 7.11 Å². The number of carbonyl (C=O) groups is 3. The summed E-state index contributed by atoms with van der Waals surface area (Å²) in [6, 6.07) is 14.4. The fourth-order valence-electron chi connectivity index (χ4n) is 3.26. The predicted molar refractivity (Wildman–Crippen MR) is 138 cm³/mol. The number of carbonyl (C=O) groups excluding carboxylic acids is 3. The van der Waals surface area contributed by atoms with E-state index in [1.54, 1.807) is 36.4 Å². The van der Waals surface area contributed by atoms with Gasteiger partial charge in [-0.2, -0.15) is 0 Å². The topological polar surface area (TPSA) is 129 Å². The van der Waals surface area contributed by atoms with Crippen LogP contribution in [-0.2, 0) is 22.7 Å². The van der Waals surface area contributed by atoms with Crippen LogP contribution in [0.5, 0.6) is 5.75 Å². The third kappa shape index (κ3) is 5.76. The number of imide groups is 1. The summed E-state index contributed by atoms with van der Waals surface area (Å²) in [7, 11) is 1.23. The molecule has 1 saturated heterocycles. The van der Waals surface area contributed by atoms with E-state index in [-0.39, 0.29) is 35.3 Å². The number of amides is 2. The lowest BCUT2D eigenvalue weighted by Gasteiger charge is -2.10. The van der Waals surface area contributed by atoms with Crippen molar-refractivity contribution in [1.29, 1.82) is 0 Å². The minimum atomic E-state index is -0.651. The summed E-state index contributed by atoms with van der Waals surface area (Å²) in [4.78, 5) is 48.5. The number of halogens is 1. The number of hydrogen-bond acceptors (Lipinski definition) is 9. The molecule has 0 N–H and O–H groups in total. The number of esters is 1. The Bertz CT molecular complexity index is 1400. The van der Waals surface area contributed by atoms with Crippen molar-refractivity contribution < 1.29 is 33.2 Å². The van der Waals surface area contributed by atoms with Crippen LogP contribution >= 0.6 is 34.4 Å². The Hall–Kier alpha value is -3.65. The molecule has 36 heavy (non-hydrogen) atoms. The number of nitrogens with zero attached hydrogens (tertiary/aromatic N) is 2. The number of benzene rings is 2. The number of nitro benzene ring substituents is 1. The summed E-state index contributed by atoms with van der Waals surface area (Å²) in [5.74, 6) is -0.285. The highest BCUT2D eigenvalue weighted by Crippen LogP contribution is 2.34. The van der Waals surface area contributed by atoms with Gasteiger partial charge >= 0.3 is 5.97 Å². The molecule has 4 rings (SSSR count). The van der Waals surface area contributed by atoms with Crippen molar-refractivity contribution in [3.8, 4) is 5.75 Å². The van der Waals surface area contributed by atoms with Gasteiger partial charge in [0.05, 0.1) is 27.1 Å². The van der Waals surface area contributed by atoms with Gasteiger partial charge in [-0.25, -0.2) is 4.79 Å². The largest absolute Gasteiger partial charge is 0.488 e. The molecule has 3 aromatic rings. The highest BCUT2D eigenvalue weighted by molar-refractivity contribution is 14.1. The van der Waals surface area contributed by atoms with Crippen LogP contribution in [-0.4, -0.2) is 34.0 Å². The van der Waals surface area contributed by atoms with Crippen LogP contribution in [0.15, 0.2) is 63.9 Å². The lowest BCUT2D eigenvalue weighted by atomic mass is 10.2. The molecule has 2 amide bonds. The molecule has 0 saturated carbocycles. The number of non-ortho nitro benzene ring substituents is 1. The Balaban J connectivity index is 1.43. The first-order chi connectivity index (χ1) is 17.2. The molecule has 1 fully saturated rings. The molecule has 2 heterocycles. The molecule has 0 unspecified atom stereocenters. The second kappa shape index (κ2) is 11.0. The maximum absolute atomic E-state index is 12.8. The van der Waals surface area contributed by atoms with Crippen molar-refractivity contribution in [1.82, 2.24) is 4.90 Å². The third-order valence-corrected chi connectivity index (χ3v) is 6.76. The third-order valence-electron chi connectivity index (χ3n) is 5.01. The van der Waals surface area contributed by atoms with E-state index in [4.69, 9.17) is 9.15 Å². The fourth-order valence-corrected chi connectivity index (χ4v) is 4.79. The highest BCUT2D eigenvalue weighted by atomic mass is 127. The van der Waals surface area contributed by atoms with Gasteiger partial charge in [0.15, 0.2) is 0 Å². The van der Waals surface area contributed by atoms with Gasteiger partial charge in [0.2, 0.25) is 5.76 Å². The average molecular weight is 620 g/mol. The molecule has 0 aliphatic carbocycles. The zero-order valence-corrected chi connectivity index (χ0v) is 21.6. The number of nitro groups is 1. The molecular weight excluding hydrogens is 603 g/mol. The number of furan rings is 1. The normalized spacial score (nSPS) is 14.4. The quantitative estimate of drug-likeness (QED) is 0.107. The molecule has 1 aliphatic rings. The first kappa shape index (κ1) is 25.4. The number of ether oxygens (including phenoxy) is 2. The van der Waals surface area contributed by atoms with E-state index in [2.05, 4.69) is 27.3 Å². The summed E-state index contributed by atoms with van der Waals surface area (Å²) < 4.78 is 16.5. The van der Waals surface area contributed by atoms with Gasteiger partial charge in [0.1, 0.15) is 18.1 Å². The average Bonchev–Trinajstić information content (AvgIpc) is 3.43. The SMILES string of the molecule is COC(=O)c1ccc(CN2C(=O)S/C(=C/c3ccc(OCc4cccc([N+](=O)[O-])c4)c(I)c3)C2=O)o1. The second-order valence-corrected chi connectivity index (χ2v) is 9.59. The monoisotopic (exact) mass is 620 g/mol. The van der Waals surface area contributed by atoms with E-state index in [0.29, 0.717) is 16.9 Å². The number of rotatable bonds is 8. The summed E-state index contributed by atoms with van der Waals surface area (Å²) in [6.07, 6.45) is 1.61. The van der Waals surface area contributed by atoms with Crippen molar-refractivity contribution in [2.45, 2.75) is 13.2 Å². The van der Waals surface area contributed by atoms with Crippen LogP contribution in [0, 0.1) is 13.7 Å². The molecular formula is C24H17IN2O8S. The van der Waals surface area contributed by atoms with E-state index in [1.165, 1.54) is 31.4 Å². The van der Waals surface area contributed by atoms with E-state index < -0.39 is 22.0 Å². The van der Waals surface area contributed by atoms with E-state index >= 15 is 0 Å². The van der Waals surface area contributed by atoms with Crippen LogP contribution < -0.4 is 4.74 Å². The Morgan fingerprint density at radius 1 is 1.19 bits per heavy atom. The van der Waals surface area contributed by atoms with Crippen LogP contribution in [0.4, 0.5) is 10.5 Å². The standard InChI is InChI=1S/C24H17IN2O8S/c1-33-23(29)20-8-6-17(35-20)12-26-22(28)21(36-24(26)30)11-14-5-7-19(18(25)10-14)34-13-15-3-2-4-16(9-15)27(31)32/h2-11H,12-13H2,1H3/b21-11+. The maximum atomic E-state index is 12.8. The van der Waals surface area contributed by atoms with Gasteiger partial charge in [-0.1, -0.05) is 18.2 Å². The zero-order valence-electron chi connectivity index (χ0n) is 18.6. The summed E-state index contributed by atoms with van der Waals surface area (Å²) in [5.41, 5.74) is 1.35. The first-order valence-electron chi connectivity index (χ1n) is 10.3. The Morgan fingerprint density at radius 3 is 2.72 bits per heavy atom. The molecule has 0 spiro atoms. The molecule has 0 bridgehead atoms. The van der Waals surface area contributed by atoms with Crippen LogP contribution in [0.25, 0.3) is 6.08 Å². The van der Waals surface area contributed by atoms with Crippen LogP contribution in [0.1, 0.15) is 27.4 Å². The van der Waals surface area contributed by atoms with E-state index in [0.717, 1.165) is 20.2 Å². The number of thioether (sulfide) groups is 1. The Kier molecular flexibility index (Phi) is 7.74.